The average Bonchev–Trinajstić information content (AvgIpc) is 3.31. The van der Waals surface area contributed by atoms with Gasteiger partial charge in [-0.3, -0.25) is 0 Å². The fourth-order valence-corrected chi connectivity index (χ4v) is 3.55. The van der Waals surface area contributed by atoms with Gasteiger partial charge >= 0.3 is 5.97 Å². The van der Waals surface area contributed by atoms with Crippen LogP contribution in [0.1, 0.15) is 23.3 Å². The van der Waals surface area contributed by atoms with Crippen LogP contribution in [-0.4, -0.2) is 48.0 Å². The molecule has 2 aromatic heterocycles. The second kappa shape index (κ2) is 5.65. The largest absolute Gasteiger partial charge is 0.497 e. The molecule has 0 spiro atoms. The third kappa shape index (κ3) is 2.91. The Labute approximate surface area is 133 Å². The number of carbonyl (C=O) groups excluding carboxylic acids is 1. The van der Waals surface area contributed by atoms with Crippen molar-refractivity contribution < 1.29 is 22.7 Å². The Bertz CT molecular complexity index is 855. The Morgan fingerprint density at radius 3 is 2.65 bits per heavy atom. The molecule has 0 unspecified atom stereocenters. The van der Waals surface area contributed by atoms with E-state index in [0.717, 1.165) is 4.09 Å². The molecule has 0 saturated heterocycles. The normalized spacial score (nSPS) is 14.5. The van der Waals surface area contributed by atoms with Gasteiger partial charge in [0, 0.05) is 17.7 Å². The predicted molar refractivity (Wildman–Crippen MR) is 80.7 cm³/mol. The van der Waals surface area contributed by atoms with E-state index in [0.29, 0.717) is 29.8 Å². The number of nitrogens with zero attached hydrogens (tertiary/aromatic N) is 3. The van der Waals surface area contributed by atoms with Gasteiger partial charge in [0.25, 0.3) is 10.0 Å². The first-order chi connectivity index (χ1) is 11.0. The van der Waals surface area contributed by atoms with Crippen LogP contribution in [0, 0.1) is 0 Å². The van der Waals surface area contributed by atoms with E-state index in [-0.39, 0.29) is 10.9 Å². The zero-order chi connectivity index (χ0) is 16.6. The SMILES string of the molecule is COC(=O)c1cc(OC)cc(-c2cnn(S(=O)(=O)C3CC3)c2)n1. The van der Waals surface area contributed by atoms with Crippen LogP contribution >= 0.6 is 0 Å². The molecule has 0 bridgehead atoms. The van der Waals surface area contributed by atoms with Gasteiger partial charge in [-0.05, 0) is 12.8 Å². The van der Waals surface area contributed by atoms with Crippen molar-refractivity contribution >= 4 is 16.0 Å². The molecule has 2 aromatic rings. The highest BCUT2D eigenvalue weighted by molar-refractivity contribution is 7.90. The van der Waals surface area contributed by atoms with Crippen molar-refractivity contribution in [2.45, 2.75) is 18.1 Å². The molecule has 0 radical (unpaired) electrons. The molecule has 0 aliphatic heterocycles. The van der Waals surface area contributed by atoms with Crippen molar-refractivity contribution in [2.75, 3.05) is 14.2 Å². The molecule has 23 heavy (non-hydrogen) atoms. The molecule has 2 heterocycles. The Morgan fingerprint density at radius 2 is 2.04 bits per heavy atom. The summed E-state index contributed by atoms with van der Waals surface area (Å²) in [6, 6.07) is 3.04. The Kier molecular flexibility index (Phi) is 3.80. The molecule has 9 heteroatoms. The van der Waals surface area contributed by atoms with Crippen LogP contribution in [-0.2, 0) is 14.8 Å². The molecule has 1 saturated carbocycles. The summed E-state index contributed by atoms with van der Waals surface area (Å²) in [7, 11) is -0.732. The van der Waals surface area contributed by atoms with Gasteiger partial charge in [-0.15, -0.1) is 0 Å². The molecule has 8 nitrogen and oxygen atoms in total. The van der Waals surface area contributed by atoms with E-state index < -0.39 is 16.0 Å². The van der Waals surface area contributed by atoms with E-state index in [9.17, 15) is 13.2 Å². The summed E-state index contributed by atoms with van der Waals surface area (Å²) in [5, 5.41) is 3.55. The van der Waals surface area contributed by atoms with Gasteiger partial charge in [0.2, 0.25) is 0 Å². The second-order valence-electron chi connectivity index (χ2n) is 5.11. The van der Waals surface area contributed by atoms with Crippen LogP contribution in [0.25, 0.3) is 11.3 Å². The fourth-order valence-electron chi connectivity index (χ4n) is 2.08. The quantitative estimate of drug-likeness (QED) is 0.753. The maximum atomic E-state index is 12.2. The van der Waals surface area contributed by atoms with Crippen LogP contribution in [0.2, 0.25) is 0 Å². The molecule has 0 aromatic carbocycles. The van der Waals surface area contributed by atoms with Crippen molar-refractivity contribution in [3.8, 4) is 17.0 Å². The monoisotopic (exact) mass is 337 g/mol. The van der Waals surface area contributed by atoms with Crippen LogP contribution < -0.4 is 4.74 Å². The maximum absolute atomic E-state index is 12.2. The number of methoxy groups -OCH3 is 2. The number of rotatable bonds is 5. The molecule has 0 atom stereocenters. The number of aromatic nitrogens is 3. The van der Waals surface area contributed by atoms with Gasteiger partial charge in [-0.25, -0.2) is 18.2 Å². The topological polar surface area (TPSA) is 100 Å². The van der Waals surface area contributed by atoms with Crippen LogP contribution in [0.3, 0.4) is 0 Å². The Hall–Kier alpha value is -2.42. The molecule has 122 valence electrons. The van der Waals surface area contributed by atoms with E-state index >= 15 is 0 Å². The molecular formula is C14H15N3O5S. The van der Waals surface area contributed by atoms with E-state index in [1.165, 1.54) is 32.7 Å². The number of hydrogen-bond donors (Lipinski definition) is 0. The molecule has 1 aliphatic rings. The van der Waals surface area contributed by atoms with Crippen molar-refractivity contribution in [1.29, 1.82) is 0 Å². The molecule has 1 fully saturated rings. The molecule has 0 N–H and O–H groups in total. The summed E-state index contributed by atoms with van der Waals surface area (Å²) in [5.41, 5.74) is 0.917. The van der Waals surface area contributed by atoms with E-state index in [1.54, 1.807) is 6.07 Å². The van der Waals surface area contributed by atoms with Gasteiger partial charge < -0.3 is 9.47 Å². The van der Waals surface area contributed by atoms with Crippen LogP contribution in [0.15, 0.2) is 24.5 Å². The Morgan fingerprint density at radius 1 is 1.30 bits per heavy atom. The minimum absolute atomic E-state index is 0.0691. The summed E-state index contributed by atoms with van der Waals surface area (Å²) in [6.45, 7) is 0. The molecule has 0 amide bonds. The third-order valence-electron chi connectivity index (χ3n) is 3.49. The van der Waals surface area contributed by atoms with Crippen LogP contribution in [0.4, 0.5) is 0 Å². The van der Waals surface area contributed by atoms with Gasteiger partial charge in [0.1, 0.15) is 5.75 Å². The van der Waals surface area contributed by atoms with Gasteiger partial charge in [-0.1, -0.05) is 0 Å². The first-order valence-electron chi connectivity index (χ1n) is 6.89. The zero-order valence-electron chi connectivity index (χ0n) is 12.6. The van der Waals surface area contributed by atoms with Gasteiger partial charge in [0.05, 0.1) is 37.6 Å². The third-order valence-corrected chi connectivity index (χ3v) is 5.53. The van der Waals surface area contributed by atoms with E-state index in [4.69, 9.17) is 4.74 Å². The number of pyridine rings is 1. The van der Waals surface area contributed by atoms with E-state index in [2.05, 4.69) is 14.8 Å². The number of carbonyl (C=O) groups is 1. The van der Waals surface area contributed by atoms with E-state index in [1.807, 2.05) is 0 Å². The van der Waals surface area contributed by atoms with Gasteiger partial charge in [0.15, 0.2) is 5.69 Å². The molecular weight excluding hydrogens is 322 g/mol. The minimum Gasteiger partial charge on any atom is -0.497 e. The number of ether oxygens (including phenoxy) is 2. The first kappa shape index (κ1) is 15.5. The first-order valence-corrected chi connectivity index (χ1v) is 8.40. The summed E-state index contributed by atoms with van der Waals surface area (Å²) < 4.78 is 35.1. The van der Waals surface area contributed by atoms with Crippen molar-refractivity contribution in [3.63, 3.8) is 0 Å². The summed E-state index contributed by atoms with van der Waals surface area (Å²) in [6.07, 6.45) is 4.09. The lowest BCUT2D eigenvalue weighted by Crippen LogP contribution is -2.17. The van der Waals surface area contributed by atoms with Crippen molar-refractivity contribution in [3.05, 3.63) is 30.2 Å². The standard InChI is InChI=1S/C14H15N3O5S/c1-21-10-5-12(16-13(6-10)14(18)22-2)9-7-15-17(8-9)23(19,20)11-3-4-11/h5-8,11H,3-4H2,1-2H3. The summed E-state index contributed by atoms with van der Waals surface area (Å²) in [4.78, 5) is 15.8. The highest BCUT2D eigenvalue weighted by Gasteiger charge is 2.37. The lowest BCUT2D eigenvalue weighted by Gasteiger charge is -2.06. The second-order valence-corrected chi connectivity index (χ2v) is 7.19. The highest BCUT2D eigenvalue weighted by Crippen LogP contribution is 2.30. The maximum Gasteiger partial charge on any atom is 0.356 e. The smallest absolute Gasteiger partial charge is 0.356 e. The highest BCUT2D eigenvalue weighted by atomic mass is 32.2. The minimum atomic E-state index is -3.44. The number of hydrogen-bond acceptors (Lipinski definition) is 7. The summed E-state index contributed by atoms with van der Waals surface area (Å²) in [5.74, 6) is -0.198. The fraction of sp³-hybridized carbons (Fsp3) is 0.357. The molecule has 3 rings (SSSR count). The Balaban J connectivity index is 2.01. The van der Waals surface area contributed by atoms with Crippen molar-refractivity contribution in [2.24, 2.45) is 0 Å². The van der Waals surface area contributed by atoms with Crippen molar-refractivity contribution in [1.82, 2.24) is 14.2 Å². The predicted octanol–water partition coefficient (Wildman–Crippen LogP) is 1.08. The lowest BCUT2D eigenvalue weighted by atomic mass is 10.2. The lowest BCUT2D eigenvalue weighted by molar-refractivity contribution is 0.0593. The number of esters is 1. The zero-order valence-corrected chi connectivity index (χ0v) is 13.4. The molecule has 1 aliphatic carbocycles. The summed E-state index contributed by atoms with van der Waals surface area (Å²) >= 11 is 0. The van der Waals surface area contributed by atoms with Gasteiger partial charge in [-0.2, -0.15) is 9.19 Å². The van der Waals surface area contributed by atoms with Crippen LogP contribution in [0.5, 0.6) is 5.75 Å². The average molecular weight is 337 g/mol.